The van der Waals surface area contributed by atoms with E-state index in [0.717, 1.165) is 47.9 Å². The van der Waals surface area contributed by atoms with Crippen molar-refractivity contribution in [2.45, 2.75) is 45.2 Å². The van der Waals surface area contributed by atoms with E-state index in [4.69, 9.17) is 16.5 Å². The van der Waals surface area contributed by atoms with E-state index in [2.05, 4.69) is 57.4 Å². The van der Waals surface area contributed by atoms with Crippen molar-refractivity contribution >= 4 is 0 Å². The molecule has 0 amide bonds. The molecule has 6 N–H and O–H groups in total. The number of H-pyrrole nitrogens is 2. The van der Waals surface area contributed by atoms with Crippen LogP contribution in [0.5, 0.6) is 0 Å². The van der Waals surface area contributed by atoms with E-state index in [-0.39, 0.29) is 12.1 Å². The lowest BCUT2D eigenvalue weighted by Crippen LogP contribution is -2.07. The fraction of sp³-hybridized carbons (Fsp3) is 0.280. The zero-order chi connectivity index (χ0) is 21.5. The van der Waals surface area contributed by atoms with Crippen molar-refractivity contribution in [2.24, 2.45) is 11.5 Å². The number of nitrogens with one attached hydrogen (secondary N) is 2. The lowest BCUT2D eigenvalue weighted by molar-refractivity contribution is 0.743. The van der Waals surface area contributed by atoms with Crippen molar-refractivity contribution in [3.05, 3.63) is 71.6 Å². The van der Waals surface area contributed by atoms with Gasteiger partial charge in [-0.2, -0.15) is 0 Å². The molecule has 31 heavy (non-hydrogen) atoms. The second-order valence-electron chi connectivity index (χ2n) is 8.51. The number of hydrogen-bond donors (Lipinski definition) is 4. The van der Waals surface area contributed by atoms with E-state index in [1.807, 2.05) is 20.0 Å². The summed E-state index contributed by atoms with van der Waals surface area (Å²) in [5.74, 6) is 1.67. The molecule has 0 bridgehead atoms. The highest BCUT2D eigenvalue weighted by Crippen LogP contribution is 2.35. The Balaban J connectivity index is 1.46. The maximum Gasteiger partial charge on any atom is 0.123 e. The molecule has 2 aromatic heterocycles. The molecular weight excluding hydrogens is 384 g/mol. The van der Waals surface area contributed by atoms with Crippen molar-refractivity contribution in [1.82, 2.24) is 19.9 Å². The summed E-state index contributed by atoms with van der Waals surface area (Å²) in [6.45, 7) is 3.89. The summed E-state index contributed by atoms with van der Waals surface area (Å²) < 4.78 is 0. The van der Waals surface area contributed by atoms with Crippen LogP contribution in [0.25, 0.3) is 33.6 Å². The van der Waals surface area contributed by atoms with E-state index >= 15 is 0 Å². The van der Waals surface area contributed by atoms with Crippen molar-refractivity contribution in [1.29, 1.82) is 0 Å². The molecule has 0 saturated carbocycles. The number of aryl methyl sites for hydroxylation is 2. The molecule has 0 aliphatic heterocycles. The van der Waals surface area contributed by atoms with Gasteiger partial charge in [0.05, 0.1) is 29.7 Å². The van der Waals surface area contributed by atoms with Gasteiger partial charge in [-0.3, -0.25) is 0 Å². The molecule has 158 valence electrons. The van der Waals surface area contributed by atoms with Gasteiger partial charge in [-0.25, -0.2) is 9.97 Å². The molecule has 1 aliphatic rings. The van der Waals surface area contributed by atoms with E-state index < -0.39 is 0 Å². The lowest BCUT2D eigenvalue weighted by Gasteiger charge is -2.10. The molecule has 2 heterocycles. The Kier molecular flexibility index (Phi) is 4.96. The normalized spacial score (nSPS) is 15.1. The Morgan fingerprint density at radius 2 is 1.55 bits per heavy atom. The Bertz CT molecular complexity index is 1210. The number of aromatic amines is 2. The molecule has 2 atom stereocenters. The molecule has 6 nitrogen and oxygen atoms in total. The van der Waals surface area contributed by atoms with Gasteiger partial charge in [0, 0.05) is 11.3 Å². The summed E-state index contributed by atoms with van der Waals surface area (Å²) >= 11 is 0. The molecule has 1 aliphatic carbocycles. The van der Waals surface area contributed by atoms with Gasteiger partial charge in [0.25, 0.3) is 0 Å². The first-order chi connectivity index (χ1) is 15.0. The van der Waals surface area contributed by atoms with Crippen LogP contribution in [-0.4, -0.2) is 19.9 Å². The van der Waals surface area contributed by atoms with Crippen LogP contribution >= 0.6 is 0 Å². The number of benzene rings is 2. The Hall–Kier alpha value is -3.22. The summed E-state index contributed by atoms with van der Waals surface area (Å²) in [5, 5.41) is 0. The average Bonchev–Trinajstić information content (AvgIpc) is 3.39. The van der Waals surface area contributed by atoms with Crippen LogP contribution < -0.4 is 11.5 Å². The Morgan fingerprint density at radius 1 is 0.839 bits per heavy atom. The fourth-order valence-corrected chi connectivity index (χ4v) is 4.27. The summed E-state index contributed by atoms with van der Waals surface area (Å²) in [5.41, 5.74) is 21.3. The van der Waals surface area contributed by atoms with Gasteiger partial charge in [0.2, 0.25) is 0 Å². The summed E-state index contributed by atoms with van der Waals surface area (Å²) in [6, 6.07) is 15.1. The average molecular weight is 413 g/mol. The Morgan fingerprint density at radius 3 is 2.26 bits per heavy atom. The monoisotopic (exact) mass is 412 g/mol. The highest BCUT2D eigenvalue weighted by Gasteiger charge is 2.20. The van der Waals surface area contributed by atoms with Gasteiger partial charge < -0.3 is 21.4 Å². The van der Waals surface area contributed by atoms with Crippen molar-refractivity contribution in [2.75, 3.05) is 0 Å². The molecule has 4 aromatic rings. The molecule has 6 heteroatoms. The highest BCUT2D eigenvalue weighted by atomic mass is 15.0. The minimum Gasteiger partial charge on any atom is -0.344 e. The summed E-state index contributed by atoms with van der Waals surface area (Å²) in [7, 11) is 0. The zero-order valence-corrected chi connectivity index (χ0v) is 17.9. The predicted molar refractivity (Wildman–Crippen MR) is 124 cm³/mol. The standard InChI is InChI=1S/C25H28N6/c1-14(26)24-28-13-22(30-24)17-8-6-16(7-9-17)18-10-11-20-19(12-18)4-3-5-21-23(20)31-25(29-21)15(2)27/h6-15H,3-5,26-27H2,1-2H3,(H,28,30)(H,29,31)/t14-,15-/m0/s1. The maximum atomic E-state index is 6.05. The number of nitrogens with two attached hydrogens (primary N) is 2. The molecule has 2 aromatic carbocycles. The van der Waals surface area contributed by atoms with Crippen LogP contribution in [0.1, 0.15) is 55.3 Å². The molecule has 0 saturated heterocycles. The van der Waals surface area contributed by atoms with Crippen LogP contribution in [-0.2, 0) is 12.8 Å². The van der Waals surface area contributed by atoms with Crippen LogP contribution in [0.2, 0.25) is 0 Å². The maximum absolute atomic E-state index is 6.05. The minimum absolute atomic E-state index is 0.0906. The molecule has 5 rings (SSSR count). The molecule has 0 unspecified atom stereocenters. The number of imidazole rings is 2. The number of aromatic nitrogens is 4. The zero-order valence-electron chi connectivity index (χ0n) is 17.9. The van der Waals surface area contributed by atoms with Crippen molar-refractivity contribution in [3.63, 3.8) is 0 Å². The highest BCUT2D eigenvalue weighted by molar-refractivity contribution is 5.75. The van der Waals surface area contributed by atoms with Crippen molar-refractivity contribution < 1.29 is 0 Å². The van der Waals surface area contributed by atoms with Crippen LogP contribution in [0.3, 0.4) is 0 Å². The van der Waals surface area contributed by atoms with E-state index in [9.17, 15) is 0 Å². The van der Waals surface area contributed by atoms with Gasteiger partial charge in [0.15, 0.2) is 0 Å². The van der Waals surface area contributed by atoms with Crippen molar-refractivity contribution in [3.8, 4) is 33.6 Å². The SMILES string of the molecule is C[C@H](N)c1ncc(-c2ccc(-c3ccc4c(c3)CCCc3[nH]c([C@H](C)N)nc3-4)cc2)[nH]1. The number of rotatable bonds is 4. The van der Waals surface area contributed by atoms with E-state index in [0.29, 0.717) is 0 Å². The van der Waals surface area contributed by atoms with Crippen LogP contribution in [0, 0.1) is 0 Å². The third-order valence-corrected chi connectivity index (χ3v) is 6.02. The molecule has 0 radical (unpaired) electrons. The van der Waals surface area contributed by atoms with Gasteiger partial charge in [0.1, 0.15) is 11.6 Å². The molecule has 0 fully saturated rings. The fourth-order valence-electron chi connectivity index (χ4n) is 4.27. The van der Waals surface area contributed by atoms with Gasteiger partial charge in [-0.15, -0.1) is 0 Å². The lowest BCUT2D eigenvalue weighted by atomic mass is 9.95. The second kappa shape index (κ2) is 7.80. The van der Waals surface area contributed by atoms with Crippen LogP contribution in [0.15, 0.2) is 48.7 Å². The first-order valence-corrected chi connectivity index (χ1v) is 10.9. The number of hydrogen-bond acceptors (Lipinski definition) is 4. The summed E-state index contributed by atoms with van der Waals surface area (Å²) in [6.07, 6.45) is 4.99. The second-order valence-corrected chi connectivity index (χ2v) is 8.51. The largest absolute Gasteiger partial charge is 0.344 e. The van der Waals surface area contributed by atoms with E-state index in [1.54, 1.807) is 0 Å². The molecular formula is C25H28N6. The first-order valence-electron chi connectivity index (χ1n) is 10.9. The smallest absolute Gasteiger partial charge is 0.123 e. The number of nitrogens with zero attached hydrogens (tertiary/aromatic N) is 2. The van der Waals surface area contributed by atoms with Gasteiger partial charge in [-0.05, 0) is 55.4 Å². The van der Waals surface area contributed by atoms with Gasteiger partial charge in [-0.1, -0.05) is 42.5 Å². The summed E-state index contributed by atoms with van der Waals surface area (Å²) in [4.78, 5) is 15.9. The van der Waals surface area contributed by atoms with Gasteiger partial charge >= 0.3 is 0 Å². The topological polar surface area (TPSA) is 109 Å². The molecule has 0 spiro atoms. The first kappa shape index (κ1) is 19.7. The van der Waals surface area contributed by atoms with E-state index in [1.165, 1.54) is 27.9 Å². The predicted octanol–water partition coefficient (Wildman–Crippen LogP) is 4.66. The quantitative estimate of drug-likeness (QED) is 0.391. The number of fused-ring (bicyclic) bond motifs is 3. The minimum atomic E-state index is -0.105. The third-order valence-electron chi connectivity index (χ3n) is 6.02. The van der Waals surface area contributed by atoms with Crippen LogP contribution in [0.4, 0.5) is 0 Å². The third kappa shape index (κ3) is 3.69. The Labute approximate surface area is 182 Å².